The van der Waals surface area contributed by atoms with Crippen molar-refractivity contribution in [1.82, 2.24) is 20.9 Å². The van der Waals surface area contributed by atoms with Gasteiger partial charge >= 0.3 is 6.03 Å². The molecule has 208 valence electrons. The Morgan fingerprint density at radius 1 is 1.11 bits per heavy atom. The number of likely N-dealkylation sites (N-methyl/N-ethyl adjacent to an activating group) is 1. The molecule has 0 radical (unpaired) electrons. The minimum atomic E-state index is -0.225. The van der Waals surface area contributed by atoms with Gasteiger partial charge < -0.3 is 25.6 Å². The SMILES string of the molecule is CNCC(CC1CCCCC1)NC(=O)N1CCC[C@@H]([C@@H](OCCC(=O)NC(C)C)c2cccc(Cl)c2)C1. The number of ether oxygens (including phenoxy) is 1. The second-order valence-corrected chi connectivity index (χ2v) is 11.5. The number of nitrogens with one attached hydrogen (secondary N) is 3. The number of hydrogen-bond donors (Lipinski definition) is 3. The lowest BCUT2D eigenvalue weighted by atomic mass is 9.85. The summed E-state index contributed by atoms with van der Waals surface area (Å²) < 4.78 is 6.34. The molecule has 1 aromatic rings. The van der Waals surface area contributed by atoms with Crippen LogP contribution in [-0.4, -0.2) is 62.2 Å². The summed E-state index contributed by atoms with van der Waals surface area (Å²) in [5.41, 5.74) is 0.995. The number of rotatable bonds is 12. The lowest BCUT2D eigenvalue weighted by Gasteiger charge is -2.38. The van der Waals surface area contributed by atoms with Gasteiger partial charge in [-0.05, 0) is 63.8 Å². The van der Waals surface area contributed by atoms with Gasteiger partial charge in [0.05, 0.1) is 12.7 Å². The van der Waals surface area contributed by atoms with Crippen LogP contribution in [-0.2, 0) is 9.53 Å². The van der Waals surface area contributed by atoms with Crippen LogP contribution >= 0.6 is 11.6 Å². The molecule has 37 heavy (non-hydrogen) atoms. The zero-order valence-corrected chi connectivity index (χ0v) is 23.7. The lowest BCUT2D eigenvalue weighted by Crippen LogP contribution is -2.52. The number of urea groups is 1. The lowest BCUT2D eigenvalue weighted by molar-refractivity contribution is -0.123. The van der Waals surface area contributed by atoms with Crippen LogP contribution in [0.2, 0.25) is 5.02 Å². The van der Waals surface area contributed by atoms with E-state index in [9.17, 15) is 9.59 Å². The highest BCUT2D eigenvalue weighted by molar-refractivity contribution is 6.30. The van der Waals surface area contributed by atoms with E-state index in [1.54, 1.807) is 0 Å². The van der Waals surface area contributed by atoms with Gasteiger partial charge in [-0.25, -0.2) is 4.79 Å². The number of benzene rings is 1. The Balaban J connectivity index is 1.63. The molecule has 2 fully saturated rings. The molecule has 0 spiro atoms. The fourth-order valence-electron chi connectivity index (χ4n) is 5.83. The van der Waals surface area contributed by atoms with E-state index in [0.29, 0.717) is 30.5 Å². The van der Waals surface area contributed by atoms with Gasteiger partial charge in [-0.1, -0.05) is 55.8 Å². The molecule has 7 nitrogen and oxygen atoms in total. The Morgan fingerprint density at radius 2 is 1.89 bits per heavy atom. The Kier molecular flexibility index (Phi) is 12.5. The van der Waals surface area contributed by atoms with Crippen molar-refractivity contribution in [2.45, 2.75) is 89.8 Å². The van der Waals surface area contributed by atoms with E-state index in [0.717, 1.165) is 37.9 Å². The zero-order valence-electron chi connectivity index (χ0n) is 22.9. The van der Waals surface area contributed by atoms with Crippen molar-refractivity contribution < 1.29 is 14.3 Å². The summed E-state index contributed by atoms with van der Waals surface area (Å²) in [6, 6.07) is 8.01. The number of hydrogen-bond acceptors (Lipinski definition) is 4. The van der Waals surface area contributed by atoms with Crippen molar-refractivity contribution in [1.29, 1.82) is 0 Å². The largest absolute Gasteiger partial charge is 0.373 e. The first-order valence-corrected chi connectivity index (χ1v) is 14.6. The molecule has 3 atom stereocenters. The first-order chi connectivity index (χ1) is 17.9. The maximum atomic E-state index is 13.4. The summed E-state index contributed by atoms with van der Waals surface area (Å²) in [6.45, 7) is 6.38. The standard InChI is InChI=1S/C29H47ClN4O3/c1-21(2)32-27(35)14-16-37-28(23-11-7-13-25(30)18-23)24-12-8-15-34(20-24)29(36)33-26(19-31-3)17-22-9-5-4-6-10-22/h7,11,13,18,21-22,24,26,28,31H,4-6,8-10,12,14-17,19-20H2,1-3H3,(H,32,35)(H,33,36)/t24-,26?,28+/m1/s1. The summed E-state index contributed by atoms with van der Waals surface area (Å²) in [5, 5.41) is 10.2. The van der Waals surface area contributed by atoms with E-state index in [1.165, 1.54) is 32.1 Å². The highest BCUT2D eigenvalue weighted by Gasteiger charge is 2.32. The third-order valence-electron chi connectivity index (χ3n) is 7.55. The smallest absolute Gasteiger partial charge is 0.317 e. The molecule has 1 aromatic carbocycles. The van der Waals surface area contributed by atoms with Crippen LogP contribution in [0.3, 0.4) is 0 Å². The zero-order chi connectivity index (χ0) is 26.6. The summed E-state index contributed by atoms with van der Waals surface area (Å²) in [5.74, 6) is 0.820. The minimum Gasteiger partial charge on any atom is -0.373 e. The summed E-state index contributed by atoms with van der Waals surface area (Å²) in [7, 11) is 1.95. The number of amides is 3. The fraction of sp³-hybridized carbons (Fsp3) is 0.724. The first-order valence-electron chi connectivity index (χ1n) is 14.2. The average Bonchev–Trinajstić information content (AvgIpc) is 2.87. The number of piperidine rings is 1. The van der Waals surface area contributed by atoms with Crippen LogP contribution < -0.4 is 16.0 Å². The Bertz CT molecular complexity index is 846. The molecule has 8 heteroatoms. The molecule has 0 bridgehead atoms. The normalized spacial score (nSPS) is 20.5. The maximum Gasteiger partial charge on any atom is 0.317 e. The predicted octanol–water partition coefficient (Wildman–Crippen LogP) is 5.29. The average molecular weight is 535 g/mol. The van der Waals surface area contributed by atoms with Crippen LogP contribution in [0.25, 0.3) is 0 Å². The van der Waals surface area contributed by atoms with Gasteiger partial charge in [-0.3, -0.25) is 4.79 Å². The van der Waals surface area contributed by atoms with Gasteiger partial charge in [-0.2, -0.15) is 0 Å². The van der Waals surface area contributed by atoms with Crippen molar-refractivity contribution in [3.8, 4) is 0 Å². The van der Waals surface area contributed by atoms with E-state index in [4.69, 9.17) is 16.3 Å². The number of carbonyl (C=O) groups excluding carboxylic acids is 2. The molecule has 3 amide bonds. The number of halogens is 1. The molecule has 1 unspecified atom stereocenters. The van der Waals surface area contributed by atoms with Gasteiger partial charge in [0.15, 0.2) is 0 Å². The fourth-order valence-corrected chi connectivity index (χ4v) is 6.03. The van der Waals surface area contributed by atoms with Crippen LogP contribution in [0.1, 0.15) is 83.3 Å². The van der Waals surface area contributed by atoms with Crippen molar-refractivity contribution >= 4 is 23.5 Å². The Morgan fingerprint density at radius 3 is 2.59 bits per heavy atom. The number of likely N-dealkylation sites (tertiary alicyclic amines) is 1. The molecule has 2 aliphatic rings. The quantitative estimate of drug-likeness (QED) is 0.340. The molecule has 1 heterocycles. The second-order valence-electron chi connectivity index (χ2n) is 11.1. The molecule has 1 saturated carbocycles. The molecule has 1 aliphatic heterocycles. The van der Waals surface area contributed by atoms with E-state index < -0.39 is 0 Å². The first kappa shape index (κ1) is 29.7. The van der Waals surface area contributed by atoms with E-state index in [2.05, 4.69) is 16.0 Å². The van der Waals surface area contributed by atoms with Crippen molar-refractivity contribution in [3.05, 3.63) is 34.9 Å². The highest BCUT2D eigenvalue weighted by Crippen LogP contribution is 2.34. The monoisotopic (exact) mass is 534 g/mol. The van der Waals surface area contributed by atoms with Gasteiger partial charge in [0.25, 0.3) is 0 Å². The van der Waals surface area contributed by atoms with Crippen molar-refractivity contribution in [2.75, 3.05) is 33.3 Å². The molecule has 1 aliphatic carbocycles. The van der Waals surface area contributed by atoms with E-state index in [-0.39, 0.29) is 36.0 Å². The number of carbonyl (C=O) groups is 2. The Hall–Kier alpha value is -1.83. The second kappa shape index (κ2) is 15.6. The summed E-state index contributed by atoms with van der Waals surface area (Å²) in [4.78, 5) is 27.5. The predicted molar refractivity (Wildman–Crippen MR) is 150 cm³/mol. The molecule has 3 rings (SSSR count). The van der Waals surface area contributed by atoms with Gasteiger partial charge in [0.2, 0.25) is 5.91 Å². The minimum absolute atomic E-state index is 0.0157. The van der Waals surface area contributed by atoms with E-state index in [1.807, 2.05) is 50.1 Å². The van der Waals surface area contributed by atoms with Crippen LogP contribution in [0.5, 0.6) is 0 Å². The van der Waals surface area contributed by atoms with E-state index >= 15 is 0 Å². The molecule has 1 saturated heterocycles. The van der Waals surface area contributed by atoms with Crippen LogP contribution in [0.4, 0.5) is 4.79 Å². The third kappa shape index (κ3) is 10.1. The summed E-state index contributed by atoms with van der Waals surface area (Å²) >= 11 is 6.32. The van der Waals surface area contributed by atoms with Crippen LogP contribution in [0.15, 0.2) is 24.3 Å². The third-order valence-corrected chi connectivity index (χ3v) is 7.78. The van der Waals surface area contributed by atoms with Gasteiger partial charge in [-0.15, -0.1) is 0 Å². The van der Waals surface area contributed by atoms with Crippen molar-refractivity contribution in [3.63, 3.8) is 0 Å². The molecule has 0 aromatic heterocycles. The molecular weight excluding hydrogens is 488 g/mol. The van der Waals surface area contributed by atoms with Crippen molar-refractivity contribution in [2.24, 2.45) is 11.8 Å². The summed E-state index contributed by atoms with van der Waals surface area (Å²) in [6.07, 6.45) is 9.50. The Labute approximate surface area is 228 Å². The van der Waals surface area contributed by atoms with Gasteiger partial charge in [0.1, 0.15) is 0 Å². The highest BCUT2D eigenvalue weighted by atomic mass is 35.5. The number of nitrogens with zero attached hydrogens (tertiary/aromatic N) is 1. The maximum absolute atomic E-state index is 13.4. The van der Waals surface area contributed by atoms with Gasteiger partial charge in [0, 0.05) is 49.1 Å². The topological polar surface area (TPSA) is 82.7 Å². The van der Waals surface area contributed by atoms with Crippen LogP contribution in [0, 0.1) is 11.8 Å². The molecule has 3 N–H and O–H groups in total. The molecular formula is C29H47ClN4O3.